The predicted molar refractivity (Wildman–Crippen MR) is 86.9 cm³/mol. The largest absolute Gasteiger partial charge is 0.450 e. The Labute approximate surface area is 137 Å². The van der Waals surface area contributed by atoms with E-state index in [1.807, 2.05) is 24.0 Å². The van der Waals surface area contributed by atoms with E-state index in [0.717, 1.165) is 45.4 Å². The third-order valence-electron chi connectivity index (χ3n) is 5.07. The van der Waals surface area contributed by atoms with Crippen LogP contribution >= 0.6 is 0 Å². The van der Waals surface area contributed by atoms with E-state index in [-0.39, 0.29) is 11.9 Å². The van der Waals surface area contributed by atoms with Crippen molar-refractivity contribution in [2.24, 2.45) is 0 Å². The number of halogens is 1. The summed E-state index contributed by atoms with van der Waals surface area (Å²) in [4.78, 5) is 16.1. The van der Waals surface area contributed by atoms with Crippen molar-refractivity contribution in [3.8, 4) is 0 Å². The van der Waals surface area contributed by atoms with Gasteiger partial charge in [0.1, 0.15) is 5.82 Å². The minimum atomic E-state index is -0.184. The van der Waals surface area contributed by atoms with Crippen LogP contribution in [0, 0.1) is 5.82 Å². The molecule has 2 aliphatic rings. The van der Waals surface area contributed by atoms with Gasteiger partial charge in [-0.05, 0) is 56.3 Å². The van der Waals surface area contributed by atoms with Crippen LogP contribution in [0.5, 0.6) is 0 Å². The Morgan fingerprint density at radius 1 is 1.17 bits per heavy atom. The van der Waals surface area contributed by atoms with Crippen LogP contribution in [0.1, 0.15) is 37.7 Å². The van der Waals surface area contributed by atoms with E-state index in [0.29, 0.717) is 18.6 Å². The van der Waals surface area contributed by atoms with Gasteiger partial charge < -0.3 is 9.64 Å². The molecule has 126 valence electrons. The summed E-state index contributed by atoms with van der Waals surface area (Å²) in [5, 5.41) is 0. The highest BCUT2D eigenvalue weighted by molar-refractivity contribution is 5.67. The Kier molecular flexibility index (Phi) is 5.16. The minimum Gasteiger partial charge on any atom is -0.450 e. The van der Waals surface area contributed by atoms with Crippen LogP contribution in [0.4, 0.5) is 9.18 Å². The molecule has 2 saturated heterocycles. The predicted octanol–water partition coefficient (Wildman–Crippen LogP) is 3.24. The second kappa shape index (κ2) is 7.30. The van der Waals surface area contributed by atoms with Crippen molar-refractivity contribution in [1.29, 1.82) is 0 Å². The number of piperidine rings is 1. The molecule has 0 radical (unpaired) electrons. The normalized spacial score (nSPS) is 23.2. The molecule has 2 heterocycles. The molecular weight excluding hydrogens is 295 g/mol. The maximum atomic E-state index is 13.0. The topological polar surface area (TPSA) is 32.8 Å². The molecule has 1 atom stereocenters. The maximum absolute atomic E-state index is 13.0. The molecule has 2 fully saturated rings. The number of benzene rings is 1. The van der Waals surface area contributed by atoms with Crippen LogP contribution in [0.2, 0.25) is 0 Å². The van der Waals surface area contributed by atoms with Gasteiger partial charge in [-0.1, -0.05) is 12.1 Å². The summed E-state index contributed by atoms with van der Waals surface area (Å²) in [5.41, 5.74) is 1.23. The first-order chi connectivity index (χ1) is 11.2. The molecule has 0 saturated carbocycles. The number of hydrogen-bond acceptors (Lipinski definition) is 3. The summed E-state index contributed by atoms with van der Waals surface area (Å²) in [7, 11) is 0. The maximum Gasteiger partial charge on any atom is 0.409 e. The summed E-state index contributed by atoms with van der Waals surface area (Å²) in [6, 6.07) is 7.47. The number of ether oxygens (including phenoxy) is 1. The van der Waals surface area contributed by atoms with E-state index in [2.05, 4.69) is 4.90 Å². The molecule has 2 aliphatic heterocycles. The van der Waals surface area contributed by atoms with Crippen molar-refractivity contribution in [3.05, 3.63) is 35.6 Å². The number of rotatable bonds is 3. The van der Waals surface area contributed by atoms with Crippen molar-refractivity contribution < 1.29 is 13.9 Å². The van der Waals surface area contributed by atoms with Crippen LogP contribution in [-0.4, -0.2) is 54.7 Å². The second-order valence-electron chi connectivity index (χ2n) is 6.45. The fraction of sp³-hybridized carbons (Fsp3) is 0.611. The van der Waals surface area contributed by atoms with Gasteiger partial charge >= 0.3 is 6.09 Å². The van der Waals surface area contributed by atoms with Crippen LogP contribution < -0.4 is 0 Å². The molecule has 3 rings (SSSR count). The molecule has 0 bridgehead atoms. The third kappa shape index (κ3) is 3.83. The van der Waals surface area contributed by atoms with E-state index in [1.54, 1.807) is 12.1 Å². The van der Waals surface area contributed by atoms with E-state index >= 15 is 0 Å². The Hall–Kier alpha value is -1.62. The highest BCUT2D eigenvalue weighted by Crippen LogP contribution is 2.31. The van der Waals surface area contributed by atoms with Gasteiger partial charge in [0.2, 0.25) is 0 Å². The van der Waals surface area contributed by atoms with Crippen LogP contribution in [0.15, 0.2) is 24.3 Å². The Balaban J connectivity index is 1.50. The van der Waals surface area contributed by atoms with Crippen molar-refractivity contribution >= 4 is 6.09 Å². The highest BCUT2D eigenvalue weighted by Gasteiger charge is 2.32. The molecular formula is C18H25FN2O2. The Morgan fingerprint density at radius 3 is 2.52 bits per heavy atom. The van der Waals surface area contributed by atoms with E-state index < -0.39 is 0 Å². The van der Waals surface area contributed by atoms with E-state index in [1.165, 1.54) is 5.56 Å². The molecule has 0 unspecified atom stereocenters. The lowest BCUT2D eigenvalue weighted by Crippen LogP contribution is -2.46. The van der Waals surface area contributed by atoms with Gasteiger partial charge in [-0.25, -0.2) is 9.18 Å². The minimum absolute atomic E-state index is 0.171. The Bertz CT molecular complexity index is 526. The van der Waals surface area contributed by atoms with E-state index in [4.69, 9.17) is 4.74 Å². The fourth-order valence-corrected chi connectivity index (χ4v) is 3.75. The van der Waals surface area contributed by atoms with Gasteiger partial charge in [-0.2, -0.15) is 0 Å². The second-order valence-corrected chi connectivity index (χ2v) is 6.45. The summed E-state index contributed by atoms with van der Waals surface area (Å²) in [6.07, 6.45) is 2.96. The van der Waals surface area contributed by atoms with Gasteiger partial charge in [0.15, 0.2) is 0 Å². The van der Waals surface area contributed by atoms with Gasteiger partial charge in [0.05, 0.1) is 6.61 Å². The van der Waals surface area contributed by atoms with E-state index in [9.17, 15) is 9.18 Å². The Morgan fingerprint density at radius 2 is 1.87 bits per heavy atom. The molecule has 0 aliphatic carbocycles. The lowest BCUT2D eigenvalue weighted by atomic mass is 9.98. The fourth-order valence-electron chi connectivity index (χ4n) is 3.75. The number of carbonyl (C=O) groups is 1. The molecule has 4 nitrogen and oxygen atoms in total. The first-order valence-electron chi connectivity index (χ1n) is 8.58. The average Bonchev–Trinajstić information content (AvgIpc) is 3.06. The first-order valence-corrected chi connectivity index (χ1v) is 8.58. The molecule has 0 N–H and O–H groups in total. The quantitative estimate of drug-likeness (QED) is 0.857. The van der Waals surface area contributed by atoms with Gasteiger partial charge in [0, 0.05) is 25.7 Å². The van der Waals surface area contributed by atoms with Crippen LogP contribution in [0.25, 0.3) is 0 Å². The van der Waals surface area contributed by atoms with Crippen molar-refractivity contribution in [2.75, 3.05) is 32.8 Å². The molecule has 1 aromatic carbocycles. The number of nitrogens with zero attached hydrogens (tertiary/aromatic N) is 2. The van der Waals surface area contributed by atoms with Crippen molar-refractivity contribution in [1.82, 2.24) is 9.80 Å². The van der Waals surface area contributed by atoms with Gasteiger partial charge in [0.25, 0.3) is 0 Å². The molecule has 0 aromatic heterocycles. The third-order valence-corrected chi connectivity index (χ3v) is 5.07. The summed E-state index contributed by atoms with van der Waals surface area (Å²) >= 11 is 0. The standard InChI is InChI=1S/C18H25FN2O2/c1-2-23-18(22)20-11-8-17(9-12-20)21-10-7-15(13-21)14-3-5-16(19)6-4-14/h3-6,15,17H,2,7-13H2,1H3/t15-/m1/s1. The SMILES string of the molecule is CCOC(=O)N1CCC(N2CC[C@@H](c3ccc(F)cc3)C2)CC1. The zero-order valence-corrected chi connectivity index (χ0v) is 13.7. The smallest absolute Gasteiger partial charge is 0.409 e. The molecule has 1 aromatic rings. The molecule has 0 spiro atoms. The first kappa shape index (κ1) is 16.2. The molecule has 23 heavy (non-hydrogen) atoms. The lowest BCUT2D eigenvalue weighted by molar-refractivity contribution is 0.0802. The van der Waals surface area contributed by atoms with Gasteiger partial charge in [-0.3, -0.25) is 4.90 Å². The number of hydrogen-bond donors (Lipinski definition) is 0. The van der Waals surface area contributed by atoms with Crippen LogP contribution in [0.3, 0.4) is 0 Å². The number of carbonyl (C=O) groups excluding carboxylic acids is 1. The van der Waals surface area contributed by atoms with Crippen LogP contribution in [-0.2, 0) is 4.74 Å². The summed E-state index contributed by atoms with van der Waals surface area (Å²) in [5.74, 6) is 0.327. The molecule has 5 heteroatoms. The van der Waals surface area contributed by atoms with Crippen molar-refractivity contribution in [2.45, 2.75) is 38.1 Å². The lowest BCUT2D eigenvalue weighted by Gasteiger charge is -2.36. The monoisotopic (exact) mass is 320 g/mol. The van der Waals surface area contributed by atoms with Gasteiger partial charge in [-0.15, -0.1) is 0 Å². The summed E-state index contributed by atoms with van der Waals surface area (Å²) < 4.78 is 18.1. The zero-order valence-electron chi connectivity index (χ0n) is 13.7. The van der Waals surface area contributed by atoms with Crippen molar-refractivity contribution in [3.63, 3.8) is 0 Å². The summed E-state index contributed by atoms with van der Waals surface area (Å²) in [6.45, 7) is 5.96. The molecule has 1 amide bonds. The zero-order chi connectivity index (χ0) is 16.2. The number of amides is 1. The highest BCUT2D eigenvalue weighted by atomic mass is 19.1. The number of likely N-dealkylation sites (tertiary alicyclic amines) is 2. The average molecular weight is 320 g/mol.